The van der Waals surface area contributed by atoms with E-state index in [-0.39, 0.29) is 11.3 Å². The maximum atomic E-state index is 13.6. The summed E-state index contributed by atoms with van der Waals surface area (Å²) in [6.45, 7) is 0. The van der Waals surface area contributed by atoms with Crippen LogP contribution < -0.4 is 0 Å². The Balaban J connectivity index is 2.50. The minimum Gasteiger partial charge on any atom is -0.236 e. The van der Waals surface area contributed by atoms with Crippen LogP contribution in [0.4, 0.5) is 30.7 Å². The molecule has 1 aromatic heterocycles. The van der Waals surface area contributed by atoms with E-state index in [0.29, 0.717) is 12.4 Å². The molecule has 22 heavy (non-hydrogen) atoms. The predicted octanol–water partition coefficient (Wildman–Crippen LogP) is 4.43. The van der Waals surface area contributed by atoms with Crippen molar-refractivity contribution < 1.29 is 30.7 Å². The van der Waals surface area contributed by atoms with Gasteiger partial charge in [0, 0.05) is 5.56 Å². The molecule has 9 heteroatoms. The van der Waals surface area contributed by atoms with Crippen LogP contribution in [0.1, 0.15) is 5.69 Å². The Bertz CT molecular complexity index is 653. The Morgan fingerprint density at radius 3 is 1.91 bits per heavy atom. The molecular formula is C13H7F7N2. The third-order valence-corrected chi connectivity index (χ3v) is 2.81. The van der Waals surface area contributed by atoms with Gasteiger partial charge in [-0.1, -0.05) is 30.3 Å². The topological polar surface area (TPSA) is 25.8 Å². The summed E-state index contributed by atoms with van der Waals surface area (Å²) in [5, 5.41) is 0. The number of hydrogen-bond acceptors (Lipinski definition) is 2. The normalized spacial score (nSPS) is 13.2. The fourth-order valence-electron chi connectivity index (χ4n) is 1.63. The van der Waals surface area contributed by atoms with Gasteiger partial charge in [0.25, 0.3) is 0 Å². The lowest BCUT2D eigenvalue weighted by Gasteiger charge is -2.27. The molecule has 118 valence electrons. The molecule has 0 amide bonds. The van der Waals surface area contributed by atoms with Crippen molar-refractivity contribution in [2.45, 2.75) is 18.0 Å². The second-order valence-corrected chi connectivity index (χ2v) is 4.30. The average molecular weight is 324 g/mol. The molecule has 0 saturated heterocycles. The quantitative estimate of drug-likeness (QED) is 0.781. The van der Waals surface area contributed by atoms with Crippen molar-refractivity contribution in [2.75, 3.05) is 0 Å². The van der Waals surface area contributed by atoms with Gasteiger partial charge in [-0.25, -0.2) is 9.97 Å². The van der Waals surface area contributed by atoms with E-state index in [9.17, 15) is 30.7 Å². The standard InChI is InChI=1S/C13H7F7N2/c14-11(15,12(16,17)13(18,19)20)10-6-9(21-7-22-10)8-4-2-1-3-5-8/h1-7H. The zero-order valence-electron chi connectivity index (χ0n) is 10.6. The number of rotatable bonds is 3. The third kappa shape index (κ3) is 2.62. The number of alkyl halides is 7. The molecule has 0 atom stereocenters. The molecule has 2 nitrogen and oxygen atoms in total. The van der Waals surface area contributed by atoms with Crippen molar-refractivity contribution in [3.63, 3.8) is 0 Å². The van der Waals surface area contributed by atoms with Gasteiger partial charge in [-0.15, -0.1) is 0 Å². The summed E-state index contributed by atoms with van der Waals surface area (Å²) in [5.74, 6) is -11.8. The summed E-state index contributed by atoms with van der Waals surface area (Å²) in [6.07, 6.45) is -5.90. The Morgan fingerprint density at radius 1 is 0.773 bits per heavy atom. The van der Waals surface area contributed by atoms with Gasteiger partial charge in [-0.05, 0) is 6.07 Å². The maximum absolute atomic E-state index is 13.6. The fraction of sp³-hybridized carbons (Fsp3) is 0.231. The lowest BCUT2D eigenvalue weighted by molar-refractivity contribution is -0.360. The molecule has 0 saturated carbocycles. The van der Waals surface area contributed by atoms with Gasteiger partial charge in [0.2, 0.25) is 0 Å². The highest BCUT2D eigenvalue weighted by Crippen LogP contribution is 2.51. The first-order valence-electron chi connectivity index (χ1n) is 5.77. The van der Waals surface area contributed by atoms with Crippen LogP contribution in [0.15, 0.2) is 42.7 Å². The maximum Gasteiger partial charge on any atom is 0.460 e. The van der Waals surface area contributed by atoms with Crippen molar-refractivity contribution in [3.8, 4) is 11.3 Å². The predicted molar refractivity (Wildman–Crippen MR) is 62.4 cm³/mol. The molecule has 0 unspecified atom stereocenters. The lowest BCUT2D eigenvalue weighted by Crippen LogP contribution is -2.50. The Morgan fingerprint density at radius 2 is 1.36 bits per heavy atom. The Hall–Kier alpha value is -2.19. The first kappa shape index (κ1) is 16.2. The van der Waals surface area contributed by atoms with Crippen LogP contribution in [-0.2, 0) is 5.92 Å². The SMILES string of the molecule is FC(F)(F)C(F)(F)C(F)(F)c1cc(-c2ccccc2)ncn1. The van der Waals surface area contributed by atoms with E-state index in [1.165, 1.54) is 24.3 Å². The fourth-order valence-corrected chi connectivity index (χ4v) is 1.63. The van der Waals surface area contributed by atoms with E-state index >= 15 is 0 Å². The lowest BCUT2D eigenvalue weighted by atomic mass is 10.0. The van der Waals surface area contributed by atoms with Gasteiger partial charge in [0.1, 0.15) is 12.0 Å². The molecular weight excluding hydrogens is 317 g/mol. The number of halogens is 7. The second-order valence-electron chi connectivity index (χ2n) is 4.30. The van der Waals surface area contributed by atoms with Crippen LogP contribution in [0.5, 0.6) is 0 Å². The van der Waals surface area contributed by atoms with Crippen molar-refractivity contribution in [2.24, 2.45) is 0 Å². The minimum absolute atomic E-state index is 0.191. The molecule has 0 aliphatic carbocycles. The largest absolute Gasteiger partial charge is 0.460 e. The first-order chi connectivity index (χ1) is 10.1. The smallest absolute Gasteiger partial charge is 0.236 e. The van der Waals surface area contributed by atoms with E-state index in [2.05, 4.69) is 9.97 Å². The molecule has 0 radical (unpaired) electrons. The van der Waals surface area contributed by atoms with Crippen molar-refractivity contribution in [1.82, 2.24) is 9.97 Å². The summed E-state index contributed by atoms with van der Waals surface area (Å²) >= 11 is 0. The molecule has 0 N–H and O–H groups in total. The molecule has 2 aromatic rings. The molecule has 1 heterocycles. The van der Waals surface area contributed by atoms with E-state index in [1.54, 1.807) is 6.07 Å². The van der Waals surface area contributed by atoms with Gasteiger partial charge in [-0.2, -0.15) is 30.7 Å². The van der Waals surface area contributed by atoms with Crippen LogP contribution in [0, 0.1) is 0 Å². The van der Waals surface area contributed by atoms with Gasteiger partial charge < -0.3 is 0 Å². The molecule has 1 aromatic carbocycles. The molecule has 0 bridgehead atoms. The zero-order valence-corrected chi connectivity index (χ0v) is 10.6. The molecule has 0 aliphatic heterocycles. The summed E-state index contributed by atoms with van der Waals surface area (Å²) in [7, 11) is 0. The van der Waals surface area contributed by atoms with Crippen LogP contribution >= 0.6 is 0 Å². The first-order valence-corrected chi connectivity index (χ1v) is 5.77. The van der Waals surface area contributed by atoms with Gasteiger partial charge in [0.05, 0.1) is 5.69 Å². The second kappa shape index (κ2) is 5.22. The Kier molecular flexibility index (Phi) is 3.84. The van der Waals surface area contributed by atoms with Crippen molar-refractivity contribution >= 4 is 0 Å². The summed E-state index contributed by atoms with van der Waals surface area (Å²) < 4.78 is 89.6. The van der Waals surface area contributed by atoms with Crippen LogP contribution in [-0.4, -0.2) is 22.1 Å². The highest BCUT2D eigenvalue weighted by atomic mass is 19.4. The monoisotopic (exact) mass is 324 g/mol. The molecule has 2 rings (SSSR count). The highest BCUT2D eigenvalue weighted by Gasteiger charge is 2.74. The van der Waals surface area contributed by atoms with Gasteiger partial charge in [0.15, 0.2) is 0 Å². The summed E-state index contributed by atoms with van der Waals surface area (Å²) in [5.41, 5.74) is -1.62. The summed E-state index contributed by atoms with van der Waals surface area (Å²) in [6, 6.07) is 7.95. The van der Waals surface area contributed by atoms with E-state index < -0.39 is 23.7 Å². The zero-order chi connectivity index (χ0) is 16.6. The highest BCUT2D eigenvalue weighted by molar-refractivity contribution is 5.59. The van der Waals surface area contributed by atoms with Gasteiger partial charge in [-0.3, -0.25) is 0 Å². The van der Waals surface area contributed by atoms with E-state index in [0.717, 1.165) is 0 Å². The molecule has 0 spiro atoms. The third-order valence-electron chi connectivity index (χ3n) is 2.81. The van der Waals surface area contributed by atoms with Crippen molar-refractivity contribution in [3.05, 3.63) is 48.4 Å². The number of benzene rings is 1. The Labute approximate surface area is 119 Å². The van der Waals surface area contributed by atoms with E-state index in [1.807, 2.05) is 0 Å². The average Bonchev–Trinajstić information content (AvgIpc) is 2.47. The number of hydrogen-bond donors (Lipinski definition) is 0. The van der Waals surface area contributed by atoms with Crippen LogP contribution in [0.25, 0.3) is 11.3 Å². The molecule has 0 fully saturated rings. The van der Waals surface area contributed by atoms with E-state index in [4.69, 9.17) is 0 Å². The molecule has 0 aliphatic rings. The minimum atomic E-state index is -6.41. The summed E-state index contributed by atoms with van der Waals surface area (Å²) in [4.78, 5) is 6.47. The number of aromatic nitrogens is 2. The number of nitrogens with zero attached hydrogens (tertiary/aromatic N) is 2. The van der Waals surface area contributed by atoms with Crippen molar-refractivity contribution in [1.29, 1.82) is 0 Å². The van der Waals surface area contributed by atoms with Crippen LogP contribution in [0.3, 0.4) is 0 Å². The van der Waals surface area contributed by atoms with Crippen LogP contribution in [0.2, 0.25) is 0 Å². The van der Waals surface area contributed by atoms with Gasteiger partial charge >= 0.3 is 18.0 Å².